The van der Waals surface area contributed by atoms with Crippen LogP contribution in [0.2, 0.25) is 0 Å². The lowest BCUT2D eigenvalue weighted by atomic mass is 10.2. The van der Waals surface area contributed by atoms with Crippen molar-refractivity contribution in [1.82, 2.24) is 34.9 Å². The van der Waals surface area contributed by atoms with Crippen LogP contribution in [0.1, 0.15) is 30.5 Å². The Morgan fingerprint density at radius 3 is 2.64 bits per heavy atom. The van der Waals surface area contributed by atoms with Crippen molar-refractivity contribution in [3.63, 3.8) is 0 Å². The minimum absolute atomic E-state index is 0.457. The number of thioether (sulfide) groups is 1. The molecule has 0 N–H and O–H groups in total. The molecule has 4 heterocycles. The fourth-order valence-corrected chi connectivity index (χ4v) is 3.81. The molecule has 5 rings (SSSR count). The second-order valence-electron chi connectivity index (χ2n) is 6.62. The molecule has 1 aliphatic rings. The molecular weight excluding hydrogens is 374 g/mol. The summed E-state index contributed by atoms with van der Waals surface area (Å²) in [6.07, 6.45) is 7.58. The van der Waals surface area contributed by atoms with E-state index in [0.29, 0.717) is 23.6 Å². The van der Waals surface area contributed by atoms with Crippen molar-refractivity contribution >= 4 is 11.8 Å². The van der Waals surface area contributed by atoms with Gasteiger partial charge in [-0.2, -0.15) is 0 Å². The number of aryl methyl sites for hydroxylation is 1. The van der Waals surface area contributed by atoms with Gasteiger partial charge in [0.1, 0.15) is 0 Å². The van der Waals surface area contributed by atoms with Crippen LogP contribution in [-0.4, -0.2) is 34.9 Å². The van der Waals surface area contributed by atoms with E-state index in [1.165, 1.54) is 0 Å². The molecule has 28 heavy (non-hydrogen) atoms. The third kappa shape index (κ3) is 3.40. The smallest absolute Gasteiger partial charge is 0.247 e. The summed E-state index contributed by atoms with van der Waals surface area (Å²) in [5, 5.41) is 18.0. The van der Waals surface area contributed by atoms with E-state index in [9.17, 15) is 0 Å². The van der Waals surface area contributed by atoms with E-state index in [1.54, 1.807) is 30.4 Å². The lowest BCUT2D eigenvalue weighted by molar-refractivity contribution is 0.528. The van der Waals surface area contributed by atoms with Crippen LogP contribution in [0.25, 0.3) is 22.8 Å². The van der Waals surface area contributed by atoms with Gasteiger partial charge in [0.2, 0.25) is 11.8 Å². The molecule has 0 amide bonds. The summed E-state index contributed by atoms with van der Waals surface area (Å²) >= 11 is 1.56. The van der Waals surface area contributed by atoms with Crippen molar-refractivity contribution in [3.8, 4) is 22.8 Å². The molecule has 0 unspecified atom stereocenters. The minimum atomic E-state index is 0.457. The molecular formula is C19H17N7OS. The average molecular weight is 391 g/mol. The Balaban J connectivity index is 1.36. The fraction of sp³-hybridized carbons (Fsp3) is 0.263. The Hall–Kier alpha value is -3.07. The summed E-state index contributed by atoms with van der Waals surface area (Å²) in [4.78, 5) is 8.27. The first kappa shape index (κ1) is 17.1. The van der Waals surface area contributed by atoms with Gasteiger partial charge in [-0.05, 0) is 44.0 Å². The molecule has 0 atom stereocenters. The number of nitrogens with zero attached hydrogens (tertiary/aromatic N) is 7. The number of aromatic nitrogens is 7. The molecule has 8 nitrogen and oxygen atoms in total. The van der Waals surface area contributed by atoms with Crippen molar-refractivity contribution in [2.24, 2.45) is 0 Å². The van der Waals surface area contributed by atoms with E-state index in [2.05, 4.69) is 34.9 Å². The van der Waals surface area contributed by atoms with Gasteiger partial charge < -0.3 is 4.42 Å². The maximum absolute atomic E-state index is 5.82. The first-order chi connectivity index (χ1) is 13.8. The molecule has 0 radical (unpaired) electrons. The van der Waals surface area contributed by atoms with Crippen LogP contribution in [-0.2, 0) is 5.75 Å². The zero-order valence-electron chi connectivity index (χ0n) is 15.2. The number of rotatable bonds is 6. The summed E-state index contributed by atoms with van der Waals surface area (Å²) in [6.45, 7) is 1.93. The molecule has 4 aromatic rings. The van der Waals surface area contributed by atoms with E-state index in [-0.39, 0.29) is 0 Å². The molecule has 140 valence electrons. The van der Waals surface area contributed by atoms with Gasteiger partial charge in [-0.3, -0.25) is 14.5 Å². The zero-order valence-corrected chi connectivity index (χ0v) is 16.0. The number of pyridine rings is 2. The normalized spacial score (nSPS) is 13.8. The molecule has 0 aromatic carbocycles. The highest BCUT2D eigenvalue weighted by atomic mass is 32.2. The Bertz CT molecular complexity index is 1100. The third-order valence-corrected chi connectivity index (χ3v) is 5.38. The summed E-state index contributed by atoms with van der Waals surface area (Å²) in [5.74, 6) is 2.48. The summed E-state index contributed by atoms with van der Waals surface area (Å²) in [5.41, 5.74) is 2.81. The highest BCUT2D eigenvalue weighted by Gasteiger charge is 2.30. The predicted molar refractivity (Wildman–Crippen MR) is 103 cm³/mol. The molecule has 1 aliphatic carbocycles. The molecule has 9 heteroatoms. The Kier molecular flexibility index (Phi) is 4.36. The van der Waals surface area contributed by atoms with Crippen LogP contribution in [0.4, 0.5) is 0 Å². The van der Waals surface area contributed by atoms with Gasteiger partial charge in [0, 0.05) is 41.5 Å². The summed E-state index contributed by atoms with van der Waals surface area (Å²) < 4.78 is 8.03. The van der Waals surface area contributed by atoms with Crippen LogP contribution in [0, 0.1) is 6.92 Å². The van der Waals surface area contributed by atoms with E-state index in [0.717, 1.165) is 40.6 Å². The molecule has 4 aromatic heterocycles. The van der Waals surface area contributed by atoms with Gasteiger partial charge in [-0.1, -0.05) is 11.8 Å². The maximum Gasteiger partial charge on any atom is 0.247 e. The molecule has 0 spiro atoms. The van der Waals surface area contributed by atoms with Gasteiger partial charge in [0.05, 0.1) is 5.75 Å². The largest absolute Gasteiger partial charge is 0.420 e. The van der Waals surface area contributed by atoms with Gasteiger partial charge in [0.25, 0.3) is 0 Å². The quantitative estimate of drug-likeness (QED) is 0.459. The van der Waals surface area contributed by atoms with Crippen molar-refractivity contribution in [3.05, 3.63) is 54.4 Å². The van der Waals surface area contributed by atoms with Crippen LogP contribution in [0.5, 0.6) is 0 Å². The monoisotopic (exact) mass is 391 g/mol. The lowest BCUT2D eigenvalue weighted by Gasteiger charge is -2.07. The standard InChI is InChI=1S/C19H17N7OS/c1-12-10-14(6-9-21-12)18-24-22-16(27-18)11-28-19-25-23-17(26(19)15-2-3-15)13-4-7-20-8-5-13/h4-10,15H,2-3,11H2,1H3. The van der Waals surface area contributed by atoms with Crippen LogP contribution in [0.15, 0.2) is 52.4 Å². The SMILES string of the molecule is Cc1cc(-c2nnc(CSc3nnc(-c4ccncc4)n3C3CC3)o2)ccn1. The summed E-state index contributed by atoms with van der Waals surface area (Å²) in [6, 6.07) is 8.16. The van der Waals surface area contributed by atoms with Crippen molar-refractivity contribution < 1.29 is 4.42 Å². The van der Waals surface area contributed by atoms with Crippen molar-refractivity contribution in [2.45, 2.75) is 36.7 Å². The van der Waals surface area contributed by atoms with Gasteiger partial charge in [-0.25, -0.2) is 0 Å². The van der Waals surface area contributed by atoms with E-state index >= 15 is 0 Å². The minimum Gasteiger partial charge on any atom is -0.420 e. The Morgan fingerprint density at radius 2 is 1.86 bits per heavy atom. The molecule has 0 bridgehead atoms. The number of hydrogen-bond acceptors (Lipinski definition) is 8. The zero-order chi connectivity index (χ0) is 18.9. The second kappa shape index (κ2) is 7.16. The van der Waals surface area contributed by atoms with Gasteiger partial charge in [0.15, 0.2) is 11.0 Å². The van der Waals surface area contributed by atoms with Gasteiger partial charge >= 0.3 is 0 Å². The van der Waals surface area contributed by atoms with E-state index in [4.69, 9.17) is 4.42 Å². The number of hydrogen-bond donors (Lipinski definition) is 0. The molecule has 1 saturated carbocycles. The molecule has 1 fully saturated rings. The Labute approximate surface area is 165 Å². The second-order valence-corrected chi connectivity index (χ2v) is 7.56. The maximum atomic E-state index is 5.82. The van der Waals surface area contributed by atoms with Crippen LogP contribution in [0.3, 0.4) is 0 Å². The van der Waals surface area contributed by atoms with Crippen LogP contribution >= 0.6 is 11.8 Å². The molecule has 0 saturated heterocycles. The highest BCUT2D eigenvalue weighted by molar-refractivity contribution is 7.98. The Morgan fingerprint density at radius 1 is 1.04 bits per heavy atom. The fourth-order valence-electron chi connectivity index (χ4n) is 2.97. The topological polar surface area (TPSA) is 95.4 Å². The van der Waals surface area contributed by atoms with E-state index in [1.807, 2.05) is 31.2 Å². The van der Waals surface area contributed by atoms with Crippen LogP contribution < -0.4 is 0 Å². The van der Waals surface area contributed by atoms with Gasteiger partial charge in [-0.15, -0.1) is 20.4 Å². The average Bonchev–Trinajstić information content (AvgIpc) is 3.29. The highest BCUT2D eigenvalue weighted by Crippen LogP contribution is 2.41. The van der Waals surface area contributed by atoms with Crippen molar-refractivity contribution in [2.75, 3.05) is 0 Å². The van der Waals surface area contributed by atoms with E-state index < -0.39 is 0 Å². The first-order valence-corrected chi connectivity index (χ1v) is 10.00. The summed E-state index contributed by atoms with van der Waals surface area (Å²) in [7, 11) is 0. The predicted octanol–water partition coefficient (Wildman–Crippen LogP) is 3.72. The molecule has 0 aliphatic heterocycles. The third-order valence-electron chi connectivity index (χ3n) is 4.45. The first-order valence-electron chi connectivity index (χ1n) is 9.01. The van der Waals surface area contributed by atoms with Crippen molar-refractivity contribution in [1.29, 1.82) is 0 Å². The lowest BCUT2D eigenvalue weighted by Crippen LogP contribution is -2.00.